The van der Waals surface area contributed by atoms with Crippen LogP contribution < -0.4 is 4.74 Å². The van der Waals surface area contributed by atoms with Crippen molar-refractivity contribution in [3.05, 3.63) is 65.2 Å². The van der Waals surface area contributed by atoms with Gasteiger partial charge in [-0.25, -0.2) is 4.79 Å². The van der Waals surface area contributed by atoms with E-state index in [1.807, 2.05) is 19.1 Å². The first kappa shape index (κ1) is 16.1. The largest absolute Gasteiger partial charge is 0.494 e. The lowest BCUT2D eigenvalue weighted by Crippen LogP contribution is -2.43. The van der Waals surface area contributed by atoms with E-state index >= 15 is 0 Å². The first-order valence-electron chi connectivity index (χ1n) is 7.96. The smallest absolute Gasteiger partial charge is 0.331 e. The van der Waals surface area contributed by atoms with Crippen molar-refractivity contribution in [1.29, 1.82) is 0 Å². The number of ether oxygens (including phenoxy) is 1. The third-order valence-corrected chi connectivity index (χ3v) is 4.19. The summed E-state index contributed by atoms with van der Waals surface area (Å²) in [6.45, 7) is 2.83. The molecule has 0 aliphatic carbocycles. The average molecular weight is 325 g/mol. The Morgan fingerprint density at radius 2 is 1.88 bits per heavy atom. The molecular formula is C19H19NO4. The van der Waals surface area contributed by atoms with Crippen LogP contribution in [0.3, 0.4) is 0 Å². The number of nitrogens with zero attached hydrogens (tertiary/aromatic N) is 1. The van der Waals surface area contributed by atoms with Gasteiger partial charge >= 0.3 is 5.97 Å². The highest BCUT2D eigenvalue weighted by Crippen LogP contribution is 2.31. The molecule has 1 heterocycles. The zero-order valence-corrected chi connectivity index (χ0v) is 13.4. The third kappa shape index (κ3) is 2.97. The normalized spacial score (nSPS) is 16.4. The summed E-state index contributed by atoms with van der Waals surface area (Å²) in [5.74, 6) is -0.603. The van der Waals surface area contributed by atoms with E-state index in [0.29, 0.717) is 36.4 Å². The molecule has 24 heavy (non-hydrogen) atoms. The summed E-state index contributed by atoms with van der Waals surface area (Å²) in [4.78, 5) is 26.0. The molecule has 2 aromatic rings. The standard InChI is InChI=1S/C19H19NO4/c1-2-24-15-9-7-14(8-10-15)18(21)20-12-11-13-5-3-4-6-16(13)17(20)19(22)23/h3-10,17H,2,11-12H2,1H3,(H,22,23). The highest BCUT2D eigenvalue weighted by Gasteiger charge is 2.36. The van der Waals surface area contributed by atoms with Crippen LogP contribution in [0.2, 0.25) is 0 Å². The van der Waals surface area contributed by atoms with Gasteiger partial charge in [0.2, 0.25) is 0 Å². The summed E-state index contributed by atoms with van der Waals surface area (Å²) in [5, 5.41) is 9.65. The lowest BCUT2D eigenvalue weighted by Gasteiger charge is -2.34. The number of fused-ring (bicyclic) bond motifs is 1. The fourth-order valence-corrected chi connectivity index (χ4v) is 3.08. The van der Waals surface area contributed by atoms with Gasteiger partial charge < -0.3 is 14.7 Å². The number of amides is 1. The van der Waals surface area contributed by atoms with Crippen LogP contribution in [0.1, 0.15) is 34.5 Å². The molecule has 1 N–H and O–H groups in total. The Morgan fingerprint density at radius 3 is 2.54 bits per heavy atom. The molecule has 0 spiro atoms. The zero-order valence-electron chi connectivity index (χ0n) is 13.4. The third-order valence-electron chi connectivity index (χ3n) is 4.19. The molecule has 0 saturated carbocycles. The van der Waals surface area contributed by atoms with E-state index in [9.17, 15) is 14.7 Å². The molecular weight excluding hydrogens is 306 g/mol. The van der Waals surface area contributed by atoms with Crippen LogP contribution in [0.25, 0.3) is 0 Å². The number of rotatable bonds is 4. The Kier molecular flexibility index (Phi) is 4.51. The molecule has 1 aliphatic rings. The van der Waals surface area contributed by atoms with E-state index in [1.54, 1.807) is 36.4 Å². The van der Waals surface area contributed by atoms with Crippen LogP contribution in [0.4, 0.5) is 0 Å². The molecule has 0 radical (unpaired) electrons. The van der Waals surface area contributed by atoms with Gasteiger partial charge in [-0.05, 0) is 48.7 Å². The number of aliphatic carboxylic acids is 1. The van der Waals surface area contributed by atoms with Gasteiger partial charge in [0.15, 0.2) is 6.04 Å². The molecule has 0 bridgehead atoms. The van der Waals surface area contributed by atoms with Gasteiger partial charge in [0.25, 0.3) is 5.91 Å². The predicted octanol–water partition coefficient (Wildman–Crippen LogP) is 2.91. The molecule has 3 rings (SSSR count). The number of carboxylic acid groups (broad SMARTS) is 1. The lowest BCUT2D eigenvalue weighted by molar-refractivity contribution is -0.143. The average Bonchev–Trinajstić information content (AvgIpc) is 2.61. The maximum atomic E-state index is 12.8. The molecule has 1 unspecified atom stereocenters. The van der Waals surface area contributed by atoms with E-state index in [2.05, 4.69) is 0 Å². The molecule has 0 aromatic heterocycles. The summed E-state index contributed by atoms with van der Waals surface area (Å²) in [7, 11) is 0. The Balaban J connectivity index is 1.90. The monoisotopic (exact) mass is 325 g/mol. The minimum atomic E-state index is -1.01. The summed E-state index contributed by atoms with van der Waals surface area (Å²) in [6.07, 6.45) is 0.655. The minimum Gasteiger partial charge on any atom is -0.494 e. The van der Waals surface area contributed by atoms with Gasteiger partial charge in [-0.1, -0.05) is 24.3 Å². The quantitative estimate of drug-likeness (QED) is 0.938. The van der Waals surface area contributed by atoms with E-state index in [0.717, 1.165) is 5.56 Å². The molecule has 0 saturated heterocycles. The van der Waals surface area contributed by atoms with Crippen molar-refractivity contribution >= 4 is 11.9 Å². The van der Waals surface area contributed by atoms with Crippen LogP contribution >= 0.6 is 0 Å². The van der Waals surface area contributed by atoms with E-state index in [-0.39, 0.29) is 5.91 Å². The Hall–Kier alpha value is -2.82. The maximum absolute atomic E-state index is 12.8. The van der Waals surface area contributed by atoms with Crippen LogP contribution in [-0.4, -0.2) is 35.0 Å². The highest BCUT2D eigenvalue weighted by molar-refractivity contribution is 5.97. The van der Waals surface area contributed by atoms with Gasteiger partial charge in [0.05, 0.1) is 6.61 Å². The van der Waals surface area contributed by atoms with Crippen molar-refractivity contribution < 1.29 is 19.4 Å². The summed E-state index contributed by atoms with van der Waals surface area (Å²) < 4.78 is 5.37. The zero-order chi connectivity index (χ0) is 17.1. The number of carbonyl (C=O) groups is 2. The van der Waals surface area contributed by atoms with Crippen molar-refractivity contribution in [3.8, 4) is 5.75 Å². The van der Waals surface area contributed by atoms with Gasteiger partial charge in [-0.3, -0.25) is 4.79 Å². The topological polar surface area (TPSA) is 66.8 Å². The molecule has 1 amide bonds. The molecule has 1 atom stereocenters. The minimum absolute atomic E-state index is 0.278. The number of carboxylic acids is 1. The van der Waals surface area contributed by atoms with Gasteiger partial charge in [0.1, 0.15) is 5.75 Å². The molecule has 0 fully saturated rings. The molecule has 2 aromatic carbocycles. The second-order valence-electron chi connectivity index (χ2n) is 5.65. The van der Waals surface area contributed by atoms with Crippen LogP contribution in [0.5, 0.6) is 5.75 Å². The number of benzene rings is 2. The summed E-state index contributed by atoms with van der Waals surface area (Å²) in [6, 6.07) is 13.2. The second kappa shape index (κ2) is 6.74. The van der Waals surface area contributed by atoms with E-state index in [4.69, 9.17) is 4.74 Å². The van der Waals surface area contributed by atoms with Crippen molar-refractivity contribution in [2.45, 2.75) is 19.4 Å². The van der Waals surface area contributed by atoms with Crippen LogP contribution in [-0.2, 0) is 11.2 Å². The summed E-state index contributed by atoms with van der Waals surface area (Å²) >= 11 is 0. The van der Waals surface area contributed by atoms with Crippen molar-refractivity contribution in [3.63, 3.8) is 0 Å². The Bertz CT molecular complexity index is 754. The van der Waals surface area contributed by atoms with E-state index in [1.165, 1.54) is 4.90 Å². The van der Waals surface area contributed by atoms with Gasteiger partial charge in [0, 0.05) is 12.1 Å². The molecule has 1 aliphatic heterocycles. The number of carbonyl (C=O) groups excluding carboxylic acids is 1. The SMILES string of the molecule is CCOc1ccc(C(=O)N2CCc3ccccc3C2C(=O)O)cc1. The Labute approximate surface area is 140 Å². The fourth-order valence-electron chi connectivity index (χ4n) is 3.08. The van der Waals surface area contributed by atoms with Crippen LogP contribution in [0.15, 0.2) is 48.5 Å². The molecule has 5 nitrogen and oxygen atoms in total. The van der Waals surface area contributed by atoms with Crippen molar-refractivity contribution in [2.75, 3.05) is 13.2 Å². The maximum Gasteiger partial charge on any atom is 0.331 e. The van der Waals surface area contributed by atoms with Crippen LogP contribution in [0, 0.1) is 0 Å². The number of hydrogen-bond acceptors (Lipinski definition) is 3. The fraction of sp³-hybridized carbons (Fsp3) is 0.263. The van der Waals surface area contributed by atoms with Gasteiger partial charge in [-0.15, -0.1) is 0 Å². The first-order valence-corrected chi connectivity index (χ1v) is 7.96. The van der Waals surface area contributed by atoms with Gasteiger partial charge in [-0.2, -0.15) is 0 Å². The molecule has 124 valence electrons. The molecule has 5 heteroatoms. The first-order chi connectivity index (χ1) is 11.6. The van der Waals surface area contributed by atoms with Crippen molar-refractivity contribution in [2.24, 2.45) is 0 Å². The number of hydrogen-bond donors (Lipinski definition) is 1. The lowest BCUT2D eigenvalue weighted by atomic mass is 9.92. The van der Waals surface area contributed by atoms with Crippen molar-refractivity contribution in [1.82, 2.24) is 4.90 Å². The second-order valence-corrected chi connectivity index (χ2v) is 5.65. The van der Waals surface area contributed by atoms with E-state index < -0.39 is 12.0 Å². The Morgan fingerprint density at radius 1 is 1.17 bits per heavy atom. The highest BCUT2D eigenvalue weighted by atomic mass is 16.5. The summed E-state index contributed by atoms with van der Waals surface area (Å²) in [5.41, 5.74) is 2.14. The predicted molar refractivity (Wildman–Crippen MR) is 89.2 cm³/mol.